The van der Waals surface area contributed by atoms with Gasteiger partial charge in [-0.2, -0.15) is 0 Å². The van der Waals surface area contributed by atoms with Crippen LogP contribution in [0.2, 0.25) is 0 Å². The van der Waals surface area contributed by atoms with Crippen LogP contribution in [0.1, 0.15) is 11.4 Å². The van der Waals surface area contributed by atoms with E-state index in [4.69, 9.17) is 0 Å². The summed E-state index contributed by atoms with van der Waals surface area (Å²) in [5.74, 6) is 6.43. The molecule has 2 heterocycles. The second kappa shape index (κ2) is 5.31. The van der Waals surface area contributed by atoms with E-state index in [2.05, 4.69) is 52.1 Å². The van der Waals surface area contributed by atoms with Crippen LogP contribution in [0.3, 0.4) is 0 Å². The summed E-state index contributed by atoms with van der Waals surface area (Å²) in [5.41, 5.74) is 1.72. The highest BCUT2D eigenvalue weighted by Crippen LogP contribution is 2.16. The van der Waals surface area contributed by atoms with Crippen LogP contribution >= 0.6 is 0 Å². The highest BCUT2D eigenvalue weighted by molar-refractivity contribution is 5.88. The molecule has 1 N–H and O–H groups in total. The van der Waals surface area contributed by atoms with Crippen LogP contribution in [0.25, 0.3) is 21.5 Å². The predicted octanol–water partition coefficient (Wildman–Crippen LogP) is 3.60. The number of fused-ring (bicyclic) bond motifs is 2. The molecule has 2 heteroatoms. The molecular weight excluding hydrogens is 268 g/mol. The van der Waals surface area contributed by atoms with Crippen molar-refractivity contribution in [3.63, 3.8) is 0 Å². The molecule has 4 aromatic rings. The lowest BCUT2D eigenvalue weighted by Gasteiger charge is -1.98. The van der Waals surface area contributed by atoms with Crippen LogP contribution in [0, 0.1) is 11.8 Å². The average Bonchev–Trinajstić information content (AvgIpc) is 2.60. The SMILES string of the molecule is C(#Cc1[nH+]ccc2ccccc12)c1nccc2ccccc12. The highest BCUT2D eigenvalue weighted by Gasteiger charge is 2.04. The summed E-state index contributed by atoms with van der Waals surface area (Å²) in [6.07, 6.45) is 3.72. The monoisotopic (exact) mass is 281 g/mol. The molecule has 0 unspecified atom stereocenters. The van der Waals surface area contributed by atoms with Gasteiger partial charge in [0.2, 0.25) is 0 Å². The summed E-state index contributed by atoms with van der Waals surface area (Å²) < 4.78 is 0. The molecule has 0 fully saturated rings. The molecule has 22 heavy (non-hydrogen) atoms. The zero-order valence-corrected chi connectivity index (χ0v) is 11.9. The second-order valence-electron chi connectivity index (χ2n) is 5.07. The normalized spacial score (nSPS) is 10.4. The van der Waals surface area contributed by atoms with Gasteiger partial charge in [-0.1, -0.05) is 42.5 Å². The average molecular weight is 281 g/mol. The number of rotatable bonds is 0. The Morgan fingerprint density at radius 2 is 1.45 bits per heavy atom. The minimum absolute atomic E-state index is 0.805. The molecule has 2 aromatic heterocycles. The Kier molecular flexibility index (Phi) is 3.03. The van der Waals surface area contributed by atoms with Gasteiger partial charge in [0.15, 0.2) is 6.20 Å². The Hall–Kier alpha value is -3.18. The number of pyridine rings is 2. The molecular formula is C20H13N2+. The first-order chi connectivity index (χ1) is 10.9. The van der Waals surface area contributed by atoms with E-state index in [1.165, 1.54) is 5.39 Å². The Morgan fingerprint density at radius 3 is 2.32 bits per heavy atom. The standard InChI is InChI=1S/C20H12N2/c1-3-7-17-15(5-1)11-13-21-19(17)9-10-20-18-8-4-2-6-16(18)12-14-22-20/h1-8,11-14H/p+1. The van der Waals surface area contributed by atoms with Crippen LogP contribution in [0.5, 0.6) is 0 Å². The van der Waals surface area contributed by atoms with Crippen LogP contribution in [0.4, 0.5) is 0 Å². The topological polar surface area (TPSA) is 27.0 Å². The van der Waals surface area contributed by atoms with E-state index in [0.29, 0.717) is 0 Å². The van der Waals surface area contributed by atoms with Gasteiger partial charge in [-0.15, -0.1) is 0 Å². The number of aromatic amines is 1. The summed E-state index contributed by atoms with van der Waals surface area (Å²) in [4.78, 5) is 7.64. The van der Waals surface area contributed by atoms with Crippen molar-refractivity contribution in [2.75, 3.05) is 0 Å². The van der Waals surface area contributed by atoms with Gasteiger partial charge >= 0.3 is 0 Å². The third-order valence-electron chi connectivity index (χ3n) is 3.70. The summed E-state index contributed by atoms with van der Waals surface area (Å²) in [7, 11) is 0. The van der Waals surface area contributed by atoms with Crippen LogP contribution in [0.15, 0.2) is 73.1 Å². The Labute approximate surface area is 128 Å². The van der Waals surface area contributed by atoms with Crippen molar-refractivity contribution in [1.82, 2.24) is 4.98 Å². The van der Waals surface area contributed by atoms with Crippen molar-refractivity contribution in [3.8, 4) is 11.8 Å². The summed E-state index contributed by atoms with van der Waals surface area (Å²) in [6.45, 7) is 0. The molecule has 0 amide bonds. The molecule has 0 aliphatic heterocycles. The van der Waals surface area contributed by atoms with E-state index in [0.717, 1.165) is 27.5 Å². The number of nitrogens with zero attached hydrogens (tertiary/aromatic N) is 1. The van der Waals surface area contributed by atoms with E-state index in [-0.39, 0.29) is 0 Å². The van der Waals surface area contributed by atoms with Gasteiger partial charge in [-0.05, 0) is 28.8 Å². The number of aromatic nitrogens is 2. The van der Waals surface area contributed by atoms with Crippen molar-refractivity contribution in [2.24, 2.45) is 0 Å². The van der Waals surface area contributed by atoms with Crippen molar-refractivity contribution >= 4 is 21.5 Å². The summed E-state index contributed by atoms with van der Waals surface area (Å²) in [6, 6.07) is 20.4. The van der Waals surface area contributed by atoms with Gasteiger partial charge in [0.1, 0.15) is 5.69 Å². The largest absolute Gasteiger partial charge is 0.263 e. The molecule has 0 saturated carbocycles. The van der Waals surface area contributed by atoms with E-state index in [1.54, 1.807) is 6.20 Å². The maximum atomic E-state index is 4.41. The van der Waals surface area contributed by atoms with Gasteiger partial charge in [0, 0.05) is 23.6 Å². The Morgan fingerprint density at radius 1 is 0.727 bits per heavy atom. The molecule has 0 saturated heterocycles. The molecule has 2 nitrogen and oxygen atoms in total. The van der Waals surface area contributed by atoms with Gasteiger partial charge in [0.05, 0.1) is 5.39 Å². The Balaban J connectivity index is 1.88. The maximum absolute atomic E-state index is 4.41. The fourth-order valence-electron chi connectivity index (χ4n) is 2.61. The smallest absolute Gasteiger partial charge is 0.247 e. The van der Waals surface area contributed by atoms with E-state index in [9.17, 15) is 0 Å². The minimum atomic E-state index is 0.805. The lowest BCUT2D eigenvalue weighted by Crippen LogP contribution is -2.07. The van der Waals surface area contributed by atoms with E-state index < -0.39 is 0 Å². The zero-order valence-electron chi connectivity index (χ0n) is 11.9. The molecule has 0 aliphatic carbocycles. The first-order valence-electron chi connectivity index (χ1n) is 7.17. The summed E-state index contributed by atoms with van der Waals surface area (Å²) >= 11 is 0. The minimum Gasteiger partial charge on any atom is -0.247 e. The molecule has 0 radical (unpaired) electrons. The highest BCUT2D eigenvalue weighted by atomic mass is 14.7. The summed E-state index contributed by atoms with van der Waals surface area (Å²) in [5, 5.41) is 4.54. The number of benzene rings is 2. The third kappa shape index (κ3) is 2.19. The maximum Gasteiger partial charge on any atom is 0.263 e. The molecule has 0 atom stereocenters. The van der Waals surface area contributed by atoms with Crippen LogP contribution in [-0.2, 0) is 0 Å². The lowest BCUT2D eigenvalue weighted by molar-refractivity contribution is -0.379. The van der Waals surface area contributed by atoms with Crippen molar-refractivity contribution in [2.45, 2.75) is 0 Å². The lowest BCUT2D eigenvalue weighted by atomic mass is 10.1. The second-order valence-corrected chi connectivity index (χ2v) is 5.07. The fraction of sp³-hybridized carbons (Fsp3) is 0. The van der Waals surface area contributed by atoms with Gasteiger partial charge in [-0.3, -0.25) is 0 Å². The zero-order chi connectivity index (χ0) is 14.8. The van der Waals surface area contributed by atoms with Crippen LogP contribution < -0.4 is 4.98 Å². The molecule has 0 spiro atoms. The van der Waals surface area contributed by atoms with E-state index in [1.807, 2.05) is 36.5 Å². The number of hydrogen-bond donors (Lipinski definition) is 0. The first-order valence-corrected chi connectivity index (χ1v) is 7.17. The Bertz CT molecular complexity index is 945. The van der Waals surface area contributed by atoms with Crippen molar-refractivity contribution < 1.29 is 4.98 Å². The number of hydrogen-bond acceptors (Lipinski definition) is 1. The molecule has 0 bridgehead atoms. The molecule has 2 aromatic carbocycles. The molecule has 0 aliphatic rings. The number of nitrogens with one attached hydrogen (secondary N) is 1. The molecule has 102 valence electrons. The van der Waals surface area contributed by atoms with Gasteiger partial charge in [0.25, 0.3) is 5.69 Å². The van der Waals surface area contributed by atoms with Gasteiger partial charge in [-0.25, -0.2) is 9.97 Å². The quantitative estimate of drug-likeness (QED) is 0.452. The molecule has 4 rings (SSSR count). The van der Waals surface area contributed by atoms with Gasteiger partial charge < -0.3 is 0 Å². The number of H-pyrrole nitrogens is 1. The van der Waals surface area contributed by atoms with Crippen LogP contribution in [-0.4, -0.2) is 4.98 Å². The van der Waals surface area contributed by atoms with Crippen molar-refractivity contribution in [3.05, 3.63) is 84.4 Å². The predicted molar refractivity (Wildman–Crippen MR) is 88.2 cm³/mol. The first kappa shape index (κ1) is 12.6. The third-order valence-corrected chi connectivity index (χ3v) is 3.70. The van der Waals surface area contributed by atoms with Crippen molar-refractivity contribution in [1.29, 1.82) is 0 Å². The fourth-order valence-corrected chi connectivity index (χ4v) is 2.61. The van der Waals surface area contributed by atoms with E-state index >= 15 is 0 Å².